The van der Waals surface area contributed by atoms with E-state index < -0.39 is 5.82 Å². The van der Waals surface area contributed by atoms with Crippen molar-refractivity contribution in [2.75, 3.05) is 24.3 Å². The van der Waals surface area contributed by atoms with Gasteiger partial charge < -0.3 is 10.2 Å². The Hall–Kier alpha value is -2.61. The Bertz CT molecular complexity index is 629. The Balaban J connectivity index is 2.03. The normalized spacial score (nSPS) is 9.90. The molecule has 2 rings (SSSR count). The average molecular weight is 270 g/mol. The number of rotatable bonds is 4. The molecule has 1 aromatic heterocycles. The molecule has 0 spiro atoms. The smallest absolute Gasteiger partial charge is 0.140 e. The molecule has 4 nitrogen and oxygen atoms in total. The van der Waals surface area contributed by atoms with Gasteiger partial charge in [-0.2, -0.15) is 5.26 Å². The van der Waals surface area contributed by atoms with E-state index in [1.54, 1.807) is 18.3 Å². The topological polar surface area (TPSA) is 52.0 Å². The first-order chi connectivity index (χ1) is 9.60. The van der Waals surface area contributed by atoms with Gasteiger partial charge >= 0.3 is 0 Å². The molecule has 1 heterocycles. The van der Waals surface area contributed by atoms with Gasteiger partial charge in [-0.15, -0.1) is 0 Å². The molecule has 0 saturated carbocycles. The number of nitriles is 1. The summed E-state index contributed by atoms with van der Waals surface area (Å²) in [7, 11) is 3.86. The fourth-order valence-electron chi connectivity index (χ4n) is 1.73. The summed E-state index contributed by atoms with van der Waals surface area (Å²) < 4.78 is 13.2. The summed E-state index contributed by atoms with van der Waals surface area (Å²) in [6, 6.07) is 10.2. The summed E-state index contributed by atoms with van der Waals surface area (Å²) in [5.74, 6) is 0.386. The van der Waals surface area contributed by atoms with Crippen LogP contribution in [0.3, 0.4) is 0 Å². The summed E-state index contributed by atoms with van der Waals surface area (Å²) in [5.41, 5.74) is 1.78. The highest BCUT2D eigenvalue weighted by Crippen LogP contribution is 2.14. The van der Waals surface area contributed by atoms with E-state index in [1.807, 2.05) is 37.2 Å². The Morgan fingerprint density at radius 3 is 2.70 bits per heavy atom. The predicted molar refractivity (Wildman–Crippen MR) is 77.0 cm³/mol. The largest absolute Gasteiger partial charge is 0.380 e. The van der Waals surface area contributed by atoms with Crippen molar-refractivity contribution in [3.63, 3.8) is 0 Å². The lowest BCUT2D eigenvalue weighted by Crippen LogP contribution is -2.10. The lowest BCUT2D eigenvalue weighted by atomic mass is 10.1. The molecule has 20 heavy (non-hydrogen) atoms. The van der Waals surface area contributed by atoms with Crippen molar-refractivity contribution in [1.29, 1.82) is 5.26 Å². The number of hydrogen-bond acceptors (Lipinski definition) is 4. The van der Waals surface area contributed by atoms with Crippen molar-refractivity contribution >= 4 is 11.5 Å². The van der Waals surface area contributed by atoms with Crippen molar-refractivity contribution in [1.82, 2.24) is 4.98 Å². The van der Waals surface area contributed by atoms with Crippen LogP contribution < -0.4 is 10.2 Å². The van der Waals surface area contributed by atoms with E-state index in [2.05, 4.69) is 10.3 Å². The molecule has 2 aromatic rings. The van der Waals surface area contributed by atoms with Crippen LogP contribution in [0.5, 0.6) is 0 Å². The fraction of sp³-hybridized carbons (Fsp3) is 0.200. The van der Waals surface area contributed by atoms with Gasteiger partial charge in [-0.05, 0) is 29.8 Å². The van der Waals surface area contributed by atoms with Crippen LogP contribution >= 0.6 is 0 Å². The van der Waals surface area contributed by atoms with E-state index in [-0.39, 0.29) is 5.56 Å². The third-order valence-electron chi connectivity index (χ3n) is 2.85. The Labute approximate surface area is 117 Å². The van der Waals surface area contributed by atoms with Gasteiger partial charge in [0.2, 0.25) is 0 Å². The van der Waals surface area contributed by atoms with E-state index in [0.29, 0.717) is 6.54 Å². The number of benzene rings is 1. The molecule has 0 radical (unpaired) electrons. The minimum atomic E-state index is -0.492. The number of hydrogen-bond donors (Lipinski definition) is 1. The number of aromatic nitrogens is 1. The van der Waals surface area contributed by atoms with Crippen molar-refractivity contribution in [3.05, 3.63) is 53.5 Å². The van der Waals surface area contributed by atoms with Gasteiger partial charge in [-0.3, -0.25) is 0 Å². The van der Waals surface area contributed by atoms with Crippen LogP contribution in [0, 0.1) is 17.1 Å². The monoisotopic (exact) mass is 270 g/mol. The second kappa shape index (κ2) is 6.02. The zero-order chi connectivity index (χ0) is 14.5. The molecule has 0 atom stereocenters. The molecule has 5 heteroatoms. The number of nitrogens with one attached hydrogen (secondary N) is 1. The van der Waals surface area contributed by atoms with Gasteiger partial charge in [-0.1, -0.05) is 6.07 Å². The molecular weight excluding hydrogens is 255 g/mol. The molecule has 0 amide bonds. The minimum absolute atomic E-state index is 0.0605. The molecular formula is C15H15FN4. The van der Waals surface area contributed by atoms with Gasteiger partial charge in [0.05, 0.1) is 17.4 Å². The fourth-order valence-corrected chi connectivity index (χ4v) is 1.73. The van der Waals surface area contributed by atoms with Crippen LogP contribution in [-0.2, 0) is 6.54 Å². The molecule has 0 aliphatic heterocycles. The molecule has 0 saturated heterocycles. The standard InChI is InChI=1S/C15H15FN4/c1-20(2)15-6-4-13(10-19-15)18-9-11-3-5-14(16)12(7-11)8-17/h3-7,10,18H,9H2,1-2H3. The molecule has 0 aliphatic rings. The van der Waals surface area contributed by atoms with Gasteiger partial charge in [0, 0.05) is 20.6 Å². The zero-order valence-corrected chi connectivity index (χ0v) is 11.4. The minimum Gasteiger partial charge on any atom is -0.380 e. The molecule has 0 aliphatic carbocycles. The predicted octanol–water partition coefficient (Wildman–Crippen LogP) is 2.77. The second-order valence-corrected chi connectivity index (χ2v) is 4.58. The molecule has 1 aromatic carbocycles. The summed E-state index contributed by atoms with van der Waals surface area (Å²) in [6.07, 6.45) is 1.74. The van der Waals surface area contributed by atoms with Crippen LogP contribution in [0.4, 0.5) is 15.9 Å². The van der Waals surface area contributed by atoms with E-state index in [9.17, 15) is 4.39 Å². The quantitative estimate of drug-likeness (QED) is 0.928. The first-order valence-electron chi connectivity index (χ1n) is 6.16. The van der Waals surface area contributed by atoms with Crippen molar-refractivity contribution in [2.24, 2.45) is 0 Å². The summed E-state index contributed by atoms with van der Waals surface area (Å²) >= 11 is 0. The van der Waals surface area contributed by atoms with E-state index >= 15 is 0 Å². The van der Waals surface area contributed by atoms with Crippen molar-refractivity contribution in [3.8, 4) is 6.07 Å². The van der Waals surface area contributed by atoms with Crippen LogP contribution in [-0.4, -0.2) is 19.1 Å². The maximum atomic E-state index is 13.2. The molecule has 102 valence electrons. The maximum Gasteiger partial charge on any atom is 0.140 e. The maximum absolute atomic E-state index is 13.2. The van der Waals surface area contributed by atoms with Crippen LogP contribution in [0.1, 0.15) is 11.1 Å². The highest BCUT2D eigenvalue weighted by molar-refractivity contribution is 5.48. The van der Waals surface area contributed by atoms with Gasteiger partial charge in [0.25, 0.3) is 0 Å². The molecule has 0 fully saturated rings. The van der Waals surface area contributed by atoms with E-state index in [1.165, 1.54) is 6.07 Å². The van der Waals surface area contributed by atoms with Gasteiger partial charge in [0.15, 0.2) is 0 Å². The number of anilines is 2. The zero-order valence-electron chi connectivity index (χ0n) is 11.4. The van der Waals surface area contributed by atoms with Gasteiger partial charge in [-0.25, -0.2) is 9.37 Å². The van der Waals surface area contributed by atoms with Crippen molar-refractivity contribution in [2.45, 2.75) is 6.54 Å². The molecule has 1 N–H and O–H groups in total. The van der Waals surface area contributed by atoms with Crippen LogP contribution in [0.15, 0.2) is 36.5 Å². The van der Waals surface area contributed by atoms with E-state index in [0.717, 1.165) is 17.1 Å². The highest BCUT2D eigenvalue weighted by Gasteiger charge is 2.03. The Kier molecular flexibility index (Phi) is 4.16. The first kappa shape index (κ1) is 13.8. The van der Waals surface area contributed by atoms with E-state index in [4.69, 9.17) is 5.26 Å². The third-order valence-corrected chi connectivity index (χ3v) is 2.85. The van der Waals surface area contributed by atoms with Crippen molar-refractivity contribution < 1.29 is 4.39 Å². The molecule has 0 unspecified atom stereocenters. The van der Waals surface area contributed by atoms with Crippen LogP contribution in [0.2, 0.25) is 0 Å². The second-order valence-electron chi connectivity index (χ2n) is 4.58. The molecule has 0 bridgehead atoms. The summed E-state index contributed by atoms with van der Waals surface area (Å²) in [6.45, 7) is 0.512. The van der Waals surface area contributed by atoms with Crippen LogP contribution in [0.25, 0.3) is 0 Å². The Morgan fingerprint density at radius 2 is 2.10 bits per heavy atom. The first-order valence-corrected chi connectivity index (χ1v) is 6.16. The lowest BCUT2D eigenvalue weighted by Gasteiger charge is -2.12. The number of nitrogens with zero attached hydrogens (tertiary/aromatic N) is 3. The average Bonchev–Trinajstić information content (AvgIpc) is 2.46. The lowest BCUT2D eigenvalue weighted by molar-refractivity contribution is 0.623. The number of pyridine rings is 1. The highest BCUT2D eigenvalue weighted by atomic mass is 19.1. The summed E-state index contributed by atoms with van der Waals surface area (Å²) in [5, 5.41) is 12.0. The summed E-state index contributed by atoms with van der Waals surface area (Å²) in [4.78, 5) is 6.21. The third kappa shape index (κ3) is 3.23. The SMILES string of the molecule is CN(C)c1ccc(NCc2ccc(F)c(C#N)c2)cn1. The van der Waals surface area contributed by atoms with Gasteiger partial charge in [0.1, 0.15) is 17.7 Å². The number of halogens is 1. The Morgan fingerprint density at radius 1 is 1.30 bits per heavy atom.